The zero-order valence-corrected chi connectivity index (χ0v) is 13.8. The molecule has 6 heteroatoms. The number of benzene rings is 1. The predicted octanol–water partition coefficient (Wildman–Crippen LogP) is 1.69. The molecule has 1 fully saturated rings. The van der Waals surface area contributed by atoms with E-state index in [-0.39, 0.29) is 25.5 Å². The molecule has 1 heterocycles. The van der Waals surface area contributed by atoms with Gasteiger partial charge in [0.05, 0.1) is 25.7 Å². The number of carbonyl (C=O) groups is 2. The zero-order chi connectivity index (χ0) is 17.0. The number of amides is 1. The maximum atomic E-state index is 12.4. The lowest BCUT2D eigenvalue weighted by Gasteiger charge is -2.34. The molecule has 0 spiro atoms. The first-order chi connectivity index (χ1) is 10.9. The average Bonchev–Trinajstić information content (AvgIpc) is 2.51. The van der Waals surface area contributed by atoms with Gasteiger partial charge in [-0.3, -0.25) is 9.59 Å². The van der Waals surface area contributed by atoms with E-state index in [9.17, 15) is 9.59 Å². The molecule has 1 aromatic rings. The van der Waals surface area contributed by atoms with Crippen LogP contribution in [0.15, 0.2) is 12.1 Å². The lowest BCUT2D eigenvalue weighted by molar-refractivity contribution is -0.147. The molecule has 0 bridgehead atoms. The van der Waals surface area contributed by atoms with Crippen LogP contribution in [0.1, 0.15) is 23.1 Å². The second-order valence-electron chi connectivity index (χ2n) is 5.86. The molecule has 1 aliphatic rings. The summed E-state index contributed by atoms with van der Waals surface area (Å²) in [5.74, 6) is -0.425. The van der Waals surface area contributed by atoms with E-state index < -0.39 is 12.0 Å². The van der Waals surface area contributed by atoms with Crippen molar-refractivity contribution >= 4 is 11.9 Å². The van der Waals surface area contributed by atoms with Crippen molar-refractivity contribution in [1.29, 1.82) is 0 Å². The molecule has 0 aromatic heterocycles. The number of carbonyl (C=O) groups excluding carboxylic acids is 1. The van der Waals surface area contributed by atoms with E-state index in [2.05, 4.69) is 0 Å². The molecule has 6 nitrogen and oxygen atoms in total. The molecule has 1 amide bonds. The van der Waals surface area contributed by atoms with Crippen molar-refractivity contribution in [3.8, 4) is 5.75 Å². The first kappa shape index (κ1) is 17.3. The van der Waals surface area contributed by atoms with Crippen LogP contribution in [-0.4, -0.2) is 54.3 Å². The van der Waals surface area contributed by atoms with Crippen LogP contribution < -0.4 is 4.74 Å². The van der Waals surface area contributed by atoms with E-state index in [1.54, 1.807) is 4.90 Å². The predicted molar refractivity (Wildman–Crippen MR) is 84.7 cm³/mol. The molecule has 1 N–H and O–H groups in total. The molecule has 0 radical (unpaired) electrons. The van der Waals surface area contributed by atoms with Crippen LogP contribution >= 0.6 is 0 Å². The normalized spacial score (nSPS) is 17.9. The van der Waals surface area contributed by atoms with Gasteiger partial charge < -0.3 is 19.5 Å². The van der Waals surface area contributed by atoms with Crippen molar-refractivity contribution in [2.45, 2.75) is 33.2 Å². The van der Waals surface area contributed by atoms with Crippen molar-refractivity contribution in [1.82, 2.24) is 4.90 Å². The molecule has 126 valence electrons. The molecule has 1 unspecified atom stereocenters. The maximum Gasteiger partial charge on any atom is 0.305 e. The number of aryl methyl sites for hydroxylation is 2. The van der Waals surface area contributed by atoms with Gasteiger partial charge in [0.15, 0.2) is 6.61 Å². The van der Waals surface area contributed by atoms with Crippen LogP contribution in [0.3, 0.4) is 0 Å². The molecule has 23 heavy (non-hydrogen) atoms. The Morgan fingerprint density at radius 3 is 2.70 bits per heavy atom. The summed E-state index contributed by atoms with van der Waals surface area (Å²) in [6, 6.07) is 3.55. The highest BCUT2D eigenvalue weighted by atomic mass is 16.5. The number of aliphatic carboxylic acids is 1. The zero-order valence-electron chi connectivity index (χ0n) is 13.8. The Morgan fingerprint density at radius 2 is 2.00 bits per heavy atom. The fraction of sp³-hybridized carbons (Fsp3) is 0.529. The summed E-state index contributed by atoms with van der Waals surface area (Å²) in [4.78, 5) is 24.9. The SMILES string of the molecule is Cc1ccc(C)c(OCC(=O)N2CCOCC2CC(=O)O)c1C. The van der Waals surface area contributed by atoms with Crippen molar-refractivity contribution in [2.24, 2.45) is 0 Å². The van der Waals surface area contributed by atoms with Gasteiger partial charge in [-0.1, -0.05) is 12.1 Å². The van der Waals surface area contributed by atoms with Gasteiger partial charge in [0.1, 0.15) is 5.75 Å². The van der Waals surface area contributed by atoms with Crippen LogP contribution in [0.5, 0.6) is 5.75 Å². The Labute approximate surface area is 136 Å². The summed E-state index contributed by atoms with van der Waals surface area (Å²) in [7, 11) is 0. The summed E-state index contributed by atoms with van der Waals surface area (Å²) in [5.41, 5.74) is 3.10. The van der Waals surface area contributed by atoms with Crippen LogP contribution in [-0.2, 0) is 14.3 Å². The average molecular weight is 321 g/mol. The van der Waals surface area contributed by atoms with E-state index in [0.29, 0.717) is 13.2 Å². The topological polar surface area (TPSA) is 76.1 Å². The second kappa shape index (κ2) is 7.46. The monoisotopic (exact) mass is 321 g/mol. The number of nitrogens with zero attached hydrogens (tertiary/aromatic N) is 1. The molecule has 1 saturated heterocycles. The standard InChI is InChI=1S/C17H23NO5/c1-11-4-5-12(2)17(13(11)3)23-10-15(19)18-6-7-22-9-14(18)8-16(20)21/h4-5,14H,6-10H2,1-3H3,(H,20,21). The largest absolute Gasteiger partial charge is 0.483 e. The van der Waals surface area contributed by atoms with Crippen LogP contribution in [0, 0.1) is 20.8 Å². The highest BCUT2D eigenvalue weighted by Crippen LogP contribution is 2.25. The van der Waals surface area contributed by atoms with Crippen molar-refractivity contribution in [2.75, 3.05) is 26.4 Å². The third-order valence-corrected chi connectivity index (χ3v) is 4.17. The van der Waals surface area contributed by atoms with Gasteiger partial charge in [0.25, 0.3) is 5.91 Å². The lowest BCUT2D eigenvalue weighted by atomic mass is 10.1. The van der Waals surface area contributed by atoms with E-state index >= 15 is 0 Å². The number of rotatable bonds is 5. The van der Waals surface area contributed by atoms with Crippen LogP contribution in [0.2, 0.25) is 0 Å². The number of carboxylic acids is 1. The van der Waals surface area contributed by atoms with Gasteiger partial charge in [-0.25, -0.2) is 0 Å². The highest BCUT2D eigenvalue weighted by molar-refractivity contribution is 5.79. The van der Waals surface area contributed by atoms with Gasteiger partial charge in [0, 0.05) is 6.54 Å². The quantitative estimate of drug-likeness (QED) is 0.893. The molecular weight excluding hydrogens is 298 g/mol. The fourth-order valence-corrected chi connectivity index (χ4v) is 2.72. The van der Waals surface area contributed by atoms with Crippen molar-refractivity contribution < 1.29 is 24.2 Å². The summed E-state index contributed by atoms with van der Waals surface area (Å²) in [6.45, 7) is 6.87. The summed E-state index contributed by atoms with van der Waals surface area (Å²) < 4.78 is 11.0. The maximum absolute atomic E-state index is 12.4. The first-order valence-corrected chi connectivity index (χ1v) is 7.68. The molecule has 1 aromatic carbocycles. The molecule has 2 rings (SSSR count). The summed E-state index contributed by atoms with van der Waals surface area (Å²) >= 11 is 0. The van der Waals surface area contributed by atoms with Gasteiger partial charge in [0.2, 0.25) is 0 Å². The third-order valence-electron chi connectivity index (χ3n) is 4.17. The van der Waals surface area contributed by atoms with Crippen LogP contribution in [0.25, 0.3) is 0 Å². The minimum absolute atomic E-state index is 0.0960. The number of hydrogen-bond donors (Lipinski definition) is 1. The molecule has 0 saturated carbocycles. The van der Waals surface area contributed by atoms with E-state index in [0.717, 1.165) is 22.4 Å². The minimum atomic E-state index is -0.940. The highest BCUT2D eigenvalue weighted by Gasteiger charge is 2.29. The third kappa shape index (κ3) is 4.22. The van der Waals surface area contributed by atoms with Gasteiger partial charge in [-0.2, -0.15) is 0 Å². The first-order valence-electron chi connectivity index (χ1n) is 7.68. The minimum Gasteiger partial charge on any atom is -0.483 e. The van der Waals surface area contributed by atoms with Crippen molar-refractivity contribution in [3.05, 3.63) is 28.8 Å². The van der Waals surface area contributed by atoms with Gasteiger partial charge in [-0.15, -0.1) is 0 Å². The number of morpholine rings is 1. The van der Waals surface area contributed by atoms with E-state index in [1.165, 1.54) is 0 Å². The molecular formula is C17H23NO5. The smallest absolute Gasteiger partial charge is 0.305 e. The number of hydrogen-bond acceptors (Lipinski definition) is 4. The molecule has 1 aliphatic heterocycles. The number of carboxylic acid groups (broad SMARTS) is 1. The summed E-state index contributed by atoms with van der Waals surface area (Å²) in [6.07, 6.45) is -0.117. The van der Waals surface area contributed by atoms with Gasteiger partial charge >= 0.3 is 5.97 Å². The number of ether oxygens (including phenoxy) is 2. The molecule has 0 aliphatic carbocycles. The van der Waals surface area contributed by atoms with Crippen LogP contribution in [0.4, 0.5) is 0 Å². The molecule has 1 atom stereocenters. The second-order valence-corrected chi connectivity index (χ2v) is 5.86. The van der Waals surface area contributed by atoms with E-state index in [4.69, 9.17) is 14.6 Å². The Kier molecular flexibility index (Phi) is 5.60. The Bertz CT molecular complexity index is 599. The van der Waals surface area contributed by atoms with E-state index in [1.807, 2.05) is 32.9 Å². The summed E-state index contributed by atoms with van der Waals surface area (Å²) in [5, 5.41) is 8.95. The van der Waals surface area contributed by atoms with Gasteiger partial charge in [-0.05, 0) is 37.5 Å². The fourth-order valence-electron chi connectivity index (χ4n) is 2.72. The van der Waals surface area contributed by atoms with Crippen molar-refractivity contribution in [3.63, 3.8) is 0 Å². The Balaban J connectivity index is 2.03. The Hall–Kier alpha value is -2.08. The Morgan fingerprint density at radius 1 is 1.30 bits per heavy atom. The lowest BCUT2D eigenvalue weighted by Crippen LogP contribution is -2.51.